The molecule has 1 atom stereocenters. The maximum absolute atomic E-state index is 15.0. The highest BCUT2D eigenvalue weighted by molar-refractivity contribution is 7.92. The number of para-hydroxylation sites is 1. The highest BCUT2D eigenvalue weighted by Crippen LogP contribution is 2.37. The van der Waals surface area contributed by atoms with Gasteiger partial charge in [-0.25, -0.2) is 27.3 Å². The summed E-state index contributed by atoms with van der Waals surface area (Å²) in [7, 11) is -5.01. The fourth-order valence-electron chi connectivity index (χ4n) is 5.72. The van der Waals surface area contributed by atoms with Crippen LogP contribution in [0.4, 0.5) is 15.9 Å². The Labute approximate surface area is 284 Å². The number of rotatable bonds is 12. The van der Waals surface area contributed by atoms with Gasteiger partial charge >= 0.3 is 0 Å². The lowest BCUT2D eigenvalue weighted by molar-refractivity contribution is 0.0899. The Bertz CT molecular complexity index is 2330. The van der Waals surface area contributed by atoms with Crippen LogP contribution in [0.5, 0.6) is 0 Å². The van der Waals surface area contributed by atoms with Gasteiger partial charge in [0.15, 0.2) is 5.82 Å². The summed E-state index contributed by atoms with van der Waals surface area (Å²) in [6, 6.07) is 15.6. The fraction of sp³-hybridized carbons (Fsp3) is 0.294. The third kappa shape index (κ3) is 7.43. The molecule has 0 radical (unpaired) electrons. The largest absolute Gasteiger partial charge is 0.361 e. The molecule has 6 aromatic rings. The van der Waals surface area contributed by atoms with E-state index in [0.717, 1.165) is 23.9 Å². The normalized spacial score (nSPS) is 12.9. The molecule has 15 heteroatoms. The third-order valence-corrected chi connectivity index (χ3v) is 10.4. The number of aryl methyl sites for hydroxylation is 1. The summed E-state index contributed by atoms with van der Waals surface area (Å²) in [5.74, 6) is 0.224. The first-order chi connectivity index (χ1) is 23.2. The number of hydrogen-bond donors (Lipinski definition) is 2. The number of ether oxygens (including phenoxy) is 1. The molecule has 2 N–H and O–H groups in total. The number of halogens is 1. The summed E-state index contributed by atoms with van der Waals surface area (Å²) in [4.78, 5) is 23.1. The van der Waals surface area contributed by atoms with E-state index in [1.54, 1.807) is 27.5 Å². The molecule has 6 rings (SSSR count). The SMILES string of the molecule is Cc1ccn2nc([C@H](C)Nc3ncnc4c3c(-c3cc(F)cc(NS(C)(=O)=O)c3)cn4COCC[Si](C)(C)C)n(-c3ccccc3)c(=O)c12. The molecule has 0 aliphatic carbocycles. The van der Waals surface area contributed by atoms with E-state index < -0.39 is 30.0 Å². The zero-order chi connectivity index (χ0) is 35.1. The highest BCUT2D eigenvalue weighted by Gasteiger charge is 2.24. The van der Waals surface area contributed by atoms with Gasteiger partial charge in [-0.3, -0.25) is 14.1 Å². The van der Waals surface area contributed by atoms with Gasteiger partial charge in [-0.2, -0.15) is 5.10 Å². The Kier molecular flexibility index (Phi) is 9.17. The first-order valence-corrected chi connectivity index (χ1v) is 21.4. The number of fused-ring (bicyclic) bond motifs is 2. The molecule has 0 bridgehead atoms. The molecule has 49 heavy (non-hydrogen) atoms. The van der Waals surface area contributed by atoms with E-state index in [-0.39, 0.29) is 18.0 Å². The van der Waals surface area contributed by atoms with E-state index >= 15 is 4.39 Å². The summed E-state index contributed by atoms with van der Waals surface area (Å²) in [6.45, 7) is 11.3. The minimum atomic E-state index is -3.67. The standard InChI is InChI=1S/C34H39FN8O4SSi/c1-22-12-13-42-30(22)34(44)43(27-10-8-7-9-11-27)32(39-42)23(2)38-31-29-28(24-16-25(35)18-26(17-24)40-48(3,45)46)19-41(33(29)37-20-36-31)21-47-14-15-49(4,5)6/h7-13,16-20,23,40H,14-15,21H2,1-6H3,(H,36,37,38)/t23-/m0/s1. The molecule has 0 aliphatic heterocycles. The van der Waals surface area contributed by atoms with Gasteiger partial charge in [0.2, 0.25) is 10.0 Å². The molecule has 0 fully saturated rings. The van der Waals surface area contributed by atoms with Gasteiger partial charge in [-0.15, -0.1) is 0 Å². The van der Waals surface area contributed by atoms with Crippen molar-refractivity contribution in [2.45, 2.75) is 52.3 Å². The predicted octanol–water partition coefficient (Wildman–Crippen LogP) is 6.20. The maximum atomic E-state index is 15.0. The van der Waals surface area contributed by atoms with Crippen molar-refractivity contribution in [2.24, 2.45) is 0 Å². The Balaban J connectivity index is 1.48. The lowest BCUT2D eigenvalue weighted by atomic mass is 10.0. The van der Waals surface area contributed by atoms with E-state index in [1.165, 1.54) is 12.4 Å². The van der Waals surface area contributed by atoms with Crippen LogP contribution in [0, 0.1) is 12.7 Å². The average Bonchev–Trinajstić information content (AvgIpc) is 3.59. The summed E-state index contributed by atoms with van der Waals surface area (Å²) >= 11 is 0. The molecule has 0 amide bonds. The van der Waals surface area contributed by atoms with Crippen LogP contribution in [0.3, 0.4) is 0 Å². The van der Waals surface area contributed by atoms with Gasteiger partial charge < -0.3 is 14.6 Å². The van der Waals surface area contributed by atoms with Gasteiger partial charge in [-0.05, 0) is 67.4 Å². The van der Waals surface area contributed by atoms with Crippen LogP contribution in [-0.4, -0.2) is 58.1 Å². The number of benzene rings is 2. The van der Waals surface area contributed by atoms with Crippen LogP contribution >= 0.6 is 0 Å². The second-order valence-corrected chi connectivity index (χ2v) is 20.7. The molecular weight excluding hydrogens is 664 g/mol. The van der Waals surface area contributed by atoms with Gasteiger partial charge in [0.05, 0.1) is 29.1 Å². The monoisotopic (exact) mass is 702 g/mol. The Hall–Kier alpha value is -4.86. The van der Waals surface area contributed by atoms with Gasteiger partial charge in [0.1, 0.15) is 35.9 Å². The van der Waals surface area contributed by atoms with Crippen LogP contribution in [0.15, 0.2) is 78.1 Å². The molecule has 0 aliphatic rings. The van der Waals surface area contributed by atoms with Crippen molar-refractivity contribution < 1.29 is 17.5 Å². The summed E-state index contributed by atoms with van der Waals surface area (Å²) in [5.41, 5.74) is 3.30. The van der Waals surface area contributed by atoms with Crippen LogP contribution < -0.4 is 15.6 Å². The van der Waals surface area contributed by atoms with Crippen molar-refractivity contribution in [3.05, 3.63) is 101 Å². The summed E-state index contributed by atoms with van der Waals surface area (Å²) in [6.07, 6.45) is 5.99. The lowest BCUT2D eigenvalue weighted by Crippen LogP contribution is -2.29. The highest BCUT2D eigenvalue weighted by atomic mass is 32.2. The zero-order valence-corrected chi connectivity index (χ0v) is 30.0. The second-order valence-electron chi connectivity index (χ2n) is 13.4. The second kappa shape index (κ2) is 13.2. The summed E-state index contributed by atoms with van der Waals surface area (Å²) < 4.78 is 52.5. The molecule has 0 spiro atoms. The van der Waals surface area contributed by atoms with E-state index in [2.05, 4.69) is 39.6 Å². The van der Waals surface area contributed by atoms with Gasteiger partial charge in [0.25, 0.3) is 5.56 Å². The van der Waals surface area contributed by atoms with Crippen LogP contribution in [0.2, 0.25) is 25.7 Å². The van der Waals surface area contributed by atoms with Gasteiger partial charge in [-0.1, -0.05) is 37.8 Å². The molecule has 12 nitrogen and oxygen atoms in total. The number of nitrogens with one attached hydrogen (secondary N) is 2. The molecule has 4 heterocycles. The first-order valence-electron chi connectivity index (χ1n) is 15.8. The molecule has 0 saturated heterocycles. The molecule has 0 unspecified atom stereocenters. The van der Waals surface area contributed by atoms with Gasteiger partial charge in [0, 0.05) is 32.6 Å². The Morgan fingerprint density at radius 3 is 2.53 bits per heavy atom. The smallest absolute Gasteiger partial charge is 0.282 e. The molecule has 2 aromatic carbocycles. The van der Waals surface area contributed by atoms with Crippen molar-refractivity contribution >= 4 is 46.2 Å². The van der Waals surface area contributed by atoms with Crippen LogP contribution in [-0.2, 0) is 21.5 Å². The van der Waals surface area contributed by atoms with E-state index in [9.17, 15) is 13.2 Å². The van der Waals surface area contributed by atoms with Crippen molar-refractivity contribution in [1.82, 2.24) is 28.7 Å². The fourth-order valence-corrected chi connectivity index (χ4v) is 7.02. The summed E-state index contributed by atoms with van der Waals surface area (Å²) in [5, 5.41) is 8.87. The van der Waals surface area contributed by atoms with E-state index in [1.807, 2.05) is 54.8 Å². The number of aromatic nitrogens is 6. The quantitative estimate of drug-likeness (QED) is 0.114. The maximum Gasteiger partial charge on any atom is 0.282 e. The first kappa shape index (κ1) is 34.0. The van der Waals surface area contributed by atoms with Crippen molar-refractivity contribution in [3.63, 3.8) is 0 Å². The number of hydrogen-bond acceptors (Lipinski definition) is 8. The number of anilines is 2. The number of nitrogens with zero attached hydrogens (tertiary/aromatic N) is 6. The van der Waals surface area contributed by atoms with Crippen molar-refractivity contribution in [3.8, 4) is 16.8 Å². The Morgan fingerprint density at radius 1 is 1.06 bits per heavy atom. The predicted molar refractivity (Wildman–Crippen MR) is 193 cm³/mol. The molecular formula is C34H39FN8O4SSi. The Morgan fingerprint density at radius 2 is 1.82 bits per heavy atom. The van der Waals surface area contributed by atoms with Crippen LogP contribution in [0.25, 0.3) is 33.4 Å². The minimum Gasteiger partial charge on any atom is -0.361 e. The minimum absolute atomic E-state index is 0.0795. The average molecular weight is 703 g/mol. The molecule has 4 aromatic heterocycles. The van der Waals surface area contributed by atoms with Crippen LogP contribution in [0.1, 0.15) is 24.4 Å². The lowest BCUT2D eigenvalue weighted by Gasteiger charge is -2.20. The van der Waals surface area contributed by atoms with E-state index in [0.29, 0.717) is 51.6 Å². The zero-order valence-electron chi connectivity index (χ0n) is 28.2. The van der Waals surface area contributed by atoms with E-state index in [4.69, 9.17) is 9.84 Å². The third-order valence-electron chi connectivity index (χ3n) is 8.06. The molecule has 0 saturated carbocycles. The topological polar surface area (TPSA) is 137 Å². The van der Waals surface area contributed by atoms with Crippen molar-refractivity contribution in [1.29, 1.82) is 0 Å². The van der Waals surface area contributed by atoms with Crippen molar-refractivity contribution in [2.75, 3.05) is 22.9 Å². The molecule has 256 valence electrons. The number of sulfonamides is 1.